The minimum atomic E-state index is -0.0834. The van der Waals surface area contributed by atoms with Crippen LogP contribution in [0, 0.1) is 5.92 Å². The van der Waals surface area contributed by atoms with Crippen molar-refractivity contribution in [2.75, 3.05) is 6.54 Å². The molecule has 1 atom stereocenters. The summed E-state index contributed by atoms with van der Waals surface area (Å²) >= 11 is 0. The number of amides is 1. The fourth-order valence-electron chi connectivity index (χ4n) is 2.67. The number of nitrogens with one attached hydrogen (secondary N) is 1. The number of benzene rings is 1. The maximum absolute atomic E-state index is 11.8. The molecule has 0 fully saturated rings. The van der Waals surface area contributed by atoms with Crippen LogP contribution >= 0.6 is 0 Å². The molecule has 1 unspecified atom stereocenters. The van der Waals surface area contributed by atoms with Gasteiger partial charge in [0.2, 0.25) is 5.91 Å². The van der Waals surface area contributed by atoms with Gasteiger partial charge in [-0.2, -0.15) is 0 Å². The topological polar surface area (TPSA) is 64.1 Å². The highest BCUT2D eigenvalue weighted by molar-refractivity contribution is 5.87. The van der Waals surface area contributed by atoms with Gasteiger partial charge in [-0.3, -0.25) is 4.79 Å². The highest BCUT2D eigenvalue weighted by atomic mass is 16.5. The van der Waals surface area contributed by atoms with E-state index < -0.39 is 0 Å². The molecule has 0 saturated heterocycles. The lowest BCUT2D eigenvalue weighted by atomic mass is 10.0. The molecule has 5 nitrogen and oxygen atoms in total. The van der Waals surface area contributed by atoms with Crippen molar-refractivity contribution in [1.82, 2.24) is 15.3 Å². The Labute approximate surface area is 141 Å². The molecule has 2 aromatic rings. The van der Waals surface area contributed by atoms with E-state index in [0.717, 1.165) is 28.9 Å². The number of rotatable bonds is 5. The lowest BCUT2D eigenvalue weighted by Gasteiger charge is -2.12. The van der Waals surface area contributed by atoms with Gasteiger partial charge in [0.05, 0.1) is 6.54 Å². The number of carbonyl (C=O) groups is 1. The van der Waals surface area contributed by atoms with E-state index in [1.165, 1.54) is 6.33 Å². The van der Waals surface area contributed by atoms with Crippen molar-refractivity contribution in [2.45, 2.75) is 26.4 Å². The maximum Gasteiger partial charge on any atom is 0.243 e. The second kappa shape index (κ2) is 7.25. The predicted octanol–water partition coefficient (Wildman–Crippen LogP) is 2.78. The first kappa shape index (κ1) is 16.2. The largest absolute Gasteiger partial charge is 0.487 e. The van der Waals surface area contributed by atoms with Gasteiger partial charge in [0.15, 0.2) is 0 Å². The molecular formula is C19H21N3O2. The molecule has 124 valence electrons. The normalized spacial score (nSPS) is 16.2. The first-order chi connectivity index (χ1) is 11.6. The van der Waals surface area contributed by atoms with Crippen LogP contribution in [-0.4, -0.2) is 28.5 Å². The number of nitrogens with zero attached hydrogens (tertiary/aromatic N) is 2. The molecule has 24 heavy (non-hydrogen) atoms. The van der Waals surface area contributed by atoms with Gasteiger partial charge in [-0.25, -0.2) is 9.97 Å². The second-order valence-corrected chi connectivity index (χ2v) is 6.21. The molecule has 5 heteroatoms. The summed E-state index contributed by atoms with van der Waals surface area (Å²) in [4.78, 5) is 19.9. The van der Waals surface area contributed by atoms with Gasteiger partial charge in [0.1, 0.15) is 18.2 Å². The SMILES string of the molecule is CC(C)/C=C/C(=O)NCC1Cc2cccc(-c3cncnc3)c2O1. The van der Waals surface area contributed by atoms with Crippen LogP contribution in [0.25, 0.3) is 11.1 Å². The number of allylic oxidation sites excluding steroid dienone is 1. The molecule has 0 aliphatic carbocycles. The molecule has 1 aromatic heterocycles. The van der Waals surface area contributed by atoms with Crippen molar-refractivity contribution in [2.24, 2.45) is 5.92 Å². The summed E-state index contributed by atoms with van der Waals surface area (Å²) in [6.07, 6.45) is 9.26. The predicted molar refractivity (Wildman–Crippen MR) is 92.6 cm³/mol. The Morgan fingerprint density at radius 1 is 1.38 bits per heavy atom. The number of para-hydroxylation sites is 1. The minimum absolute atomic E-state index is 0.0535. The quantitative estimate of drug-likeness (QED) is 0.859. The van der Waals surface area contributed by atoms with Gasteiger partial charge >= 0.3 is 0 Å². The third-order valence-electron chi connectivity index (χ3n) is 3.84. The van der Waals surface area contributed by atoms with Gasteiger partial charge in [0, 0.05) is 29.9 Å². The Balaban J connectivity index is 1.66. The average molecular weight is 323 g/mol. The first-order valence-corrected chi connectivity index (χ1v) is 8.13. The van der Waals surface area contributed by atoms with Gasteiger partial charge in [-0.15, -0.1) is 0 Å². The number of fused-ring (bicyclic) bond motifs is 1. The van der Waals surface area contributed by atoms with E-state index in [1.54, 1.807) is 18.5 Å². The minimum Gasteiger partial charge on any atom is -0.487 e. The molecule has 2 heterocycles. The van der Waals surface area contributed by atoms with Crippen LogP contribution in [0.5, 0.6) is 5.75 Å². The van der Waals surface area contributed by atoms with Crippen LogP contribution in [0.3, 0.4) is 0 Å². The van der Waals surface area contributed by atoms with Crippen LogP contribution in [-0.2, 0) is 11.2 Å². The van der Waals surface area contributed by atoms with E-state index in [-0.39, 0.29) is 12.0 Å². The number of ether oxygens (including phenoxy) is 1. The molecule has 1 aromatic carbocycles. The van der Waals surface area contributed by atoms with Crippen LogP contribution in [0.2, 0.25) is 0 Å². The van der Waals surface area contributed by atoms with E-state index in [2.05, 4.69) is 21.4 Å². The highest BCUT2D eigenvalue weighted by Crippen LogP contribution is 2.38. The zero-order chi connectivity index (χ0) is 16.9. The van der Waals surface area contributed by atoms with Crippen molar-refractivity contribution in [3.63, 3.8) is 0 Å². The first-order valence-electron chi connectivity index (χ1n) is 8.13. The number of hydrogen-bond donors (Lipinski definition) is 1. The lowest BCUT2D eigenvalue weighted by molar-refractivity contribution is -0.116. The second-order valence-electron chi connectivity index (χ2n) is 6.21. The van der Waals surface area contributed by atoms with Crippen molar-refractivity contribution < 1.29 is 9.53 Å². The molecule has 0 spiro atoms. The Morgan fingerprint density at radius 3 is 2.92 bits per heavy atom. The van der Waals surface area contributed by atoms with Gasteiger partial charge in [0.25, 0.3) is 0 Å². The average Bonchev–Trinajstić information content (AvgIpc) is 3.02. The zero-order valence-electron chi connectivity index (χ0n) is 13.9. The molecule has 1 N–H and O–H groups in total. The van der Waals surface area contributed by atoms with E-state index in [0.29, 0.717) is 12.5 Å². The highest BCUT2D eigenvalue weighted by Gasteiger charge is 2.25. The zero-order valence-corrected chi connectivity index (χ0v) is 13.9. The van der Waals surface area contributed by atoms with E-state index in [1.807, 2.05) is 32.1 Å². The van der Waals surface area contributed by atoms with Gasteiger partial charge in [-0.1, -0.05) is 38.1 Å². The Kier molecular flexibility index (Phi) is 4.89. The third kappa shape index (κ3) is 3.79. The Hall–Kier alpha value is -2.69. The number of aromatic nitrogens is 2. The van der Waals surface area contributed by atoms with Crippen LogP contribution < -0.4 is 10.1 Å². The van der Waals surface area contributed by atoms with Crippen LogP contribution in [0.4, 0.5) is 0 Å². The maximum atomic E-state index is 11.8. The fourth-order valence-corrected chi connectivity index (χ4v) is 2.67. The summed E-state index contributed by atoms with van der Waals surface area (Å²) in [5.74, 6) is 1.14. The molecule has 0 saturated carbocycles. The number of carbonyl (C=O) groups excluding carboxylic acids is 1. The molecule has 3 rings (SSSR count). The monoisotopic (exact) mass is 323 g/mol. The van der Waals surface area contributed by atoms with Gasteiger partial charge in [-0.05, 0) is 17.6 Å². The van der Waals surface area contributed by atoms with E-state index in [9.17, 15) is 4.79 Å². The number of hydrogen-bond acceptors (Lipinski definition) is 4. The van der Waals surface area contributed by atoms with Crippen LogP contribution in [0.15, 0.2) is 49.1 Å². The Bertz CT molecular complexity index is 742. The molecule has 1 amide bonds. The summed E-state index contributed by atoms with van der Waals surface area (Å²) < 4.78 is 6.07. The summed E-state index contributed by atoms with van der Waals surface area (Å²) in [5.41, 5.74) is 3.06. The lowest BCUT2D eigenvalue weighted by Crippen LogP contribution is -2.33. The van der Waals surface area contributed by atoms with Crippen molar-refractivity contribution in [1.29, 1.82) is 0 Å². The molecule has 0 radical (unpaired) electrons. The molecule has 1 aliphatic rings. The standard InChI is InChI=1S/C19H21N3O2/c1-13(2)6-7-18(23)22-11-16-8-14-4-3-5-17(19(14)24-16)15-9-20-12-21-10-15/h3-7,9-10,12-13,16H,8,11H2,1-2H3,(H,22,23)/b7-6+. The van der Waals surface area contributed by atoms with Crippen LogP contribution in [0.1, 0.15) is 19.4 Å². The van der Waals surface area contributed by atoms with Gasteiger partial charge < -0.3 is 10.1 Å². The van der Waals surface area contributed by atoms with Crippen molar-refractivity contribution in [3.05, 3.63) is 54.6 Å². The third-order valence-corrected chi connectivity index (χ3v) is 3.84. The Morgan fingerprint density at radius 2 is 2.17 bits per heavy atom. The summed E-state index contributed by atoms with van der Waals surface area (Å²) in [6, 6.07) is 6.07. The smallest absolute Gasteiger partial charge is 0.243 e. The molecule has 0 bridgehead atoms. The summed E-state index contributed by atoms with van der Waals surface area (Å²) in [5, 5.41) is 2.90. The fraction of sp³-hybridized carbons (Fsp3) is 0.316. The molecule has 1 aliphatic heterocycles. The van der Waals surface area contributed by atoms with Crippen molar-refractivity contribution >= 4 is 5.91 Å². The molecular weight excluding hydrogens is 302 g/mol. The summed E-state index contributed by atoms with van der Waals surface area (Å²) in [7, 11) is 0. The van der Waals surface area contributed by atoms with Crippen molar-refractivity contribution in [3.8, 4) is 16.9 Å². The summed E-state index contributed by atoms with van der Waals surface area (Å²) in [6.45, 7) is 4.56. The van der Waals surface area contributed by atoms with E-state index >= 15 is 0 Å². The van der Waals surface area contributed by atoms with E-state index in [4.69, 9.17) is 4.74 Å².